The van der Waals surface area contributed by atoms with Crippen LogP contribution in [0.4, 0.5) is 11.5 Å². The minimum Gasteiger partial charge on any atom is -0.497 e. The van der Waals surface area contributed by atoms with Crippen LogP contribution in [0, 0.1) is 0 Å². The molecule has 1 atom stereocenters. The predicted octanol–water partition coefficient (Wildman–Crippen LogP) is 1.10. The number of ether oxygens (including phenoxy) is 2. The van der Waals surface area contributed by atoms with Gasteiger partial charge in [0.1, 0.15) is 23.4 Å². The average Bonchev–Trinajstić information content (AvgIpc) is 2.84. The Kier molecular flexibility index (Phi) is 6.39. The van der Waals surface area contributed by atoms with Gasteiger partial charge in [0.05, 0.1) is 26.3 Å². The molecule has 32 heavy (non-hydrogen) atoms. The Labute approximate surface area is 186 Å². The Hall–Kier alpha value is -3.82. The van der Waals surface area contributed by atoms with Crippen LogP contribution in [0.1, 0.15) is 6.42 Å². The van der Waals surface area contributed by atoms with Crippen molar-refractivity contribution in [2.24, 2.45) is 4.99 Å². The summed E-state index contributed by atoms with van der Waals surface area (Å²) in [6, 6.07) is 10.1. The van der Waals surface area contributed by atoms with Gasteiger partial charge in [0.2, 0.25) is 17.8 Å². The normalized spacial score (nSPS) is 18.5. The molecule has 1 aromatic carbocycles. The molecule has 0 unspecified atom stereocenters. The van der Waals surface area contributed by atoms with E-state index in [1.807, 2.05) is 23.1 Å². The van der Waals surface area contributed by atoms with Crippen LogP contribution >= 0.6 is 0 Å². The minimum absolute atomic E-state index is 0.0183. The van der Waals surface area contributed by atoms with Crippen LogP contribution in [0.25, 0.3) is 0 Å². The van der Waals surface area contributed by atoms with E-state index in [2.05, 4.69) is 25.5 Å². The number of pyridine rings is 1. The lowest BCUT2D eigenvalue weighted by molar-refractivity contribution is -0.125. The smallest absolute Gasteiger partial charge is 0.249 e. The summed E-state index contributed by atoms with van der Waals surface area (Å²) in [6.07, 6.45) is 1.75. The van der Waals surface area contributed by atoms with Gasteiger partial charge in [0.25, 0.3) is 0 Å². The summed E-state index contributed by atoms with van der Waals surface area (Å²) in [4.78, 5) is 38.3. The molecule has 2 aliphatic heterocycles. The number of carbonyl (C=O) groups excluding carboxylic acids is 2. The molecular formula is C22H26N6O4. The maximum atomic E-state index is 12.9. The minimum atomic E-state index is -0.830. The van der Waals surface area contributed by atoms with E-state index in [9.17, 15) is 9.59 Å². The molecule has 10 nitrogen and oxygen atoms in total. The first-order chi connectivity index (χ1) is 15.6. The van der Waals surface area contributed by atoms with Crippen LogP contribution in [0.15, 0.2) is 47.6 Å². The lowest BCUT2D eigenvalue weighted by Crippen LogP contribution is -2.56. The van der Waals surface area contributed by atoms with E-state index in [1.165, 1.54) is 7.11 Å². The van der Waals surface area contributed by atoms with Gasteiger partial charge in [-0.15, -0.1) is 0 Å². The van der Waals surface area contributed by atoms with Crippen molar-refractivity contribution in [1.82, 2.24) is 15.2 Å². The summed E-state index contributed by atoms with van der Waals surface area (Å²) in [6.45, 7) is 2.80. The first-order valence-electron chi connectivity index (χ1n) is 10.4. The van der Waals surface area contributed by atoms with Crippen LogP contribution in [0.3, 0.4) is 0 Å². The second-order valence-electron chi connectivity index (χ2n) is 7.44. The van der Waals surface area contributed by atoms with Crippen molar-refractivity contribution in [3.8, 4) is 11.5 Å². The van der Waals surface area contributed by atoms with Gasteiger partial charge in [-0.2, -0.15) is 0 Å². The van der Waals surface area contributed by atoms with Gasteiger partial charge >= 0.3 is 0 Å². The van der Waals surface area contributed by atoms with Crippen molar-refractivity contribution in [2.45, 2.75) is 12.5 Å². The fraction of sp³-hybridized carbons (Fsp3) is 0.364. The van der Waals surface area contributed by atoms with E-state index in [0.29, 0.717) is 36.2 Å². The molecule has 168 valence electrons. The van der Waals surface area contributed by atoms with E-state index < -0.39 is 6.04 Å². The van der Waals surface area contributed by atoms with Crippen LogP contribution in [-0.4, -0.2) is 74.1 Å². The Balaban J connectivity index is 1.44. The molecule has 4 rings (SSSR count). The number of aliphatic imine (C=N–C) groups is 1. The van der Waals surface area contributed by atoms with Crippen molar-refractivity contribution >= 4 is 29.3 Å². The number of guanidine groups is 1. The average molecular weight is 438 g/mol. The van der Waals surface area contributed by atoms with Gasteiger partial charge in [-0.05, 0) is 24.3 Å². The van der Waals surface area contributed by atoms with Crippen LogP contribution in [0.2, 0.25) is 0 Å². The van der Waals surface area contributed by atoms with Gasteiger partial charge in [-0.1, -0.05) is 6.07 Å². The van der Waals surface area contributed by atoms with E-state index in [0.717, 1.165) is 18.9 Å². The number of methoxy groups -OCH3 is 2. The summed E-state index contributed by atoms with van der Waals surface area (Å²) in [5, 5.41) is 5.62. The fourth-order valence-electron chi connectivity index (χ4n) is 3.70. The number of piperazine rings is 1. The van der Waals surface area contributed by atoms with Crippen molar-refractivity contribution in [1.29, 1.82) is 0 Å². The molecule has 2 amide bonds. The number of nitrogens with zero attached hydrogens (tertiary/aromatic N) is 4. The van der Waals surface area contributed by atoms with Crippen LogP contribution < -0.4 is 25.0 Å². The maximum absolute atomic E-state index is 12.9. The summed E-state index contributed by atoms with van der Waals surface area (Å²) in [5.41, 5.74) is 0.462. The van der Waals surface area contributed by atoms with Crippen LogP contribution in [0.5, 0.6) is 11.5 Å². The zero-order valence-electron chi connectivity index (χ0n) is 18.1. The molecular weight excluding hydrogens is 412 g/mol. The number of hydrogen-bond acceptors (Lipinski definition) is 8. The molecule has 10 heteroatoms. The van der Waals surface area contributed by atoms with Crippen molar-refractivity contribution in [3.05, 3.63) is 42.6 Å². The standard InChI is InChI=1S/C22H26N6O4/c1-31-15-6-7-18(32-2)16(13-15)24-21(30)17-14-20(29)26-22(25-17)28-11-9-27(10-12-28)19-5-3-4-8-23-19/h3-8,13,17H,9-12,14H2,1-2H3,(H,24,30)(H,25,26,29)/t17-/m0/s1. The van der Waals surface area contributed by atoms with E-state index >= 15 is 0 Å². The molecule has 0 spiro atoms. The monoisotopic (exact) mass is 438 g/mol. The molecule has 0 radical (unpaired) electrons. The number of anilines is 2. The molecule has 1 saturated heterocycles. The van der Waals surface area contributed by atoms with Gasteiger partial charge in [-0.25, -0.2) is 9.98 Å². The molecule has 2 N–H and O–H groups in total. The predicted molar refractivity (Wildman–Crippen MR) is 120 cm³/mol. The number of aromatic nitrogens is 1. The Bertz CT molecular complexity index is 1000. The molecule has 0 aliphatic carbocycles. The van der Waals surface area contributed by atoms with E-state index in [-0.39, 0.29) is 18.2 Å². The highest BCUT2D eigenvalue weighted by atomic mass is 16.5. The molecule has 0 saturated carbocycles. The summed E-state index contributed by atoms with van der Waals surface area (Å²) in [5.74, 6) is 1.81. The van der Waals surface area contributed by atoms with Crippen molar-refractivity contribution in [3.63, 3.8) is 0 Å². The number of benzene rings is 1. The number of amides is 2. The van der Waals surface area contributed by atoms with Crippen molar-refractivity contribution < 1.29 is 19.1 Å². The quantitative estimate of drug-likeness (QED) is 0.720. The first kappa shape index (κ1) is 21.4. The Morgan fingerprint density at radius 2 is 1.88 bits per heavy atom. The fourth-order valence-corrected chi connectivity index (χ4v) is 3.70. The third kappa shape index (κ3) is 4.74. The van der Waals surface area contributed by atoms with Gasteiger partial charge in [0, 0.05) is 38.4 Å². The molecule has 1 fully saturated rings. The van der Waals surface area contributed by atoms with Crippen LogP contribution in [-0.2, 0) is 9.59 Å². The number of hydrogen-bond donors (Lipinski definition) is 2. The van der Waals surface area contributed by atoms with E-state index in [1.54, 1.807) is 31.5 Å². The van der Waals surface area contributed by atoms with E-state index in [4.69, 9.17) is 9.47 Å². The zero-order valence-corrected chi connectivity index (χ0v) is 18.1. The van der Waals surface area contributed by atoms with Crippen molar-refractivity contribution in [2.75, 3.05) is 50.6 Å². The van der Waals surface area contributed by atoms with Gasteiger partial charge in [-0.3, -0.25) is 14.9 Å². The lowest BCUT2D eigenvalue weighted by atomic mass is 10.1. The lowest BCUT2D eigenvalue weighted by Gasteiger charge is -2.38. The maximum Gasteiger partial charge on any atom is 0.249 e. The highest BCUT2D eigenvalue weighted by Crippen LogP contribution is 2.29. The topological polar surface area (TPSA) is 108 Å². The summed E-state index contributed by atoms with van der Waals surface area (Å²) >= 11 is 0. The number of nitrogens with one attached hydrogen (secondary N) is 2. The highest BCUT2D eigenvalue weighted by Gasteiger charge is 2.31. The molecule has 3 heterocycles. The Morgan fingerprint density at radius 1 is 1.09 bits per heavy atom. The third-order valence-corrected chi connectivity index (χ3v) is 5.43. The SMILES string of the molecule is COc1ccc(OC)c(NC(=O)[C@@H]2CC(=O)NC(N3CCN(c4ccccn4)CC3)=N2)c1. The zero-order chi connectivity index (χ0) is 22.5. The summed E-state index contributed by atoms with van der Waals surface area (Å²) in [7, 11) is 3.06. The molecule has 2 aromatic rings. The molecule has 1 aromatic heterocycles. The number of rotatable bonds is 5. The second kappa shape index (κ2) is 9.54. The molecule has 2 aliphatic rings. The second-order valence-corrected chi connectivity index (χ2v) is 7.44. The number of carbonyl (C=O) groups is 2. The Morgan fingerprint density at radius 3 is 2.56 bits per heavy atom. The molecule has 0 bridgehead atoms. The first-order valence-corrected chi connectivity index (χ1v) is 10.4. The summed E-state index contributed by atoms with van der Waals surface area (Å²) < 4.78 is 10.5. The largest absolute Gasteiger partial charge is 0.497 e. The van der Waals surface area contributed by atoms with Gasteiger partial charge in [0.15, 0.2) is 0 Å². The third-order valence-electron chi connectivity index (χ3n) is 5.43. The van der Waals surface area contributed by atoms with Gasteiger partial charge < -0.3 is 24.6 Å². The highest BCUT2D eigenvalue weighted by molar-refractivity contribution is 6.06.